The molecule has 0 saturated heterocycles. The van der Waals surface area contributed by atoms with Crippen molar-refractivity contribution >= 4 is 11.3 Å². The quantitative estimate of drug-likeness (QED) is 0.798. The molecule has 0 bridgehead atoms. The summed E-state index contributed by atoms with van der Waals surface area (Å²) in [5.41, 5.74) is 0. The molecule has 2 aliphatic rings. The Bertz CT molecular complexity index is 367. The molecule has 1 heterocycles. The van der Waals surface area contributed by atoms with Gasteiger partial charge in [0.2, 0.25) is 0 Å². The normalized spacial score (nSPS) is 29.9. The average Bonchev–Trinajstić information content (AvgIpc) is 3.11. The highest BCUT2D eigenvalue weighted by Crippen LogP contribution is 2.38. The van der Waals surface area contributed by atoms with Crippen molar-refractivity contribution in [2.24, 2.45) is 17.8 Å². The summed E-state index contributed by atoms with van der Waals surface area (Å²) in [6, 6.07) is 5.18. The first-order valence-electron chi connectivity index (χ1n) is 8.09. The molecule has 2 heteroatoms. The third kappa shape index (κ3) is 3.41. The minimum Gasteiger partial charge on any atom is -0.309 e. The van der Waals surface area contributed by atoms with E-state index in [-0.39, 0.29) is 0 Å². The lowest BCUT2D eigenvalue weighted by atomic mass is 9.95. The van der Waals surface area contributed by atoms with E-state index in [0.29, 0.717) is 6.04 Å². The van der Waals surface area contributed by atoms with Crippen molar-refractivity contribution in [3.8, 4) is 0 Å². The predicted octanol–water partition coefficient (Wildman–Crippen LogP) is 5.01. The van der Waals surface area contributed by atoms with Gasteiger partial charge >= 0.3 is 0 Å². The van der Waals surface area contributed by atoms with E-state index < -0.39 is 0 Å². The molecule has 0 radical (unpaired) electrons. The molecule has 1 aromatic rings. The zero-order valence-corrected chi connectivity index (χ0v) is 12.9. The van der Waals surface area contributed by atoms with Crippen molar-refractivity contribution in [1.82, 2.24) is 5.32 Å². The number of rotatable bonds is 5. The van der Waals surface area contributed by atoms with E-state index in [1.807, 2.05) is 11.3 Å². The molecular weight excluding hydrogens is 250 g/mol. The van der Waals surface area contributed by atoms with Crippen LogP contribution < -0.4 is 5.32 Å². The Labute approximate surface area is 121 Å². The Balaban J connectivity index is 1.59. The second-order valence-corrected chi connectivity index (χ2v) is 7.71. The van der Waals surface area contributed by atoms with Gasteiger partial charge in [0.1, 0.15) is 0 Å². The molecule has 3 atom stereocenters. The third-order valence-corrected chi connectivity index (χ3v) is 6.11. The van der Waals surface area contributed by atoms with E-state index in [2.05, 4.69) is 29.8 Å². The molecule has 1 nitrogen and oxygen atoms in total. The highest BCUT2D eigenvalue weighted by atomic mass is 32.1. The van der Waals surface area contributed by atoms with Gasteiger partial charge in [0.05, 0.1) is 0 Å². The number of hydrogen-bond donors (Lipinski definition) is 1. The van der Waals surface area contributed by atoms with Crippen LogP contribution in [-0.2, 0) is 0 Å². The first-order valence-corrected chi connectivity index (χ1v) is 8.97. The fraction of sp³-hybridized carbons (Fsp3) is 0.765. The van der Waals surface area contributed by atoms with Crippen LogP contribution in [-0.4, -0.2) is 6.54 Å². The van der Waals surface area contributed by atoms with Crippen LogP contribution in [0, 0.1) is 17.8 Å². The van der Waals surface area contributed by atoms with E-state index in [0.717, 1.165) is 17.8 Å². The molecule has 3 unspecified atom stereocenters. The second kappa shape index (κ2) is 6.41. The summed E-state index contributed by atoms with van der Waals surface area (Å²) < 4.78 is 0. The lowest BCUT2D eigenvalue weighted by Gasteiger charge is -2.25. The minimum absolute atomic E-state index is 0.637. The van der Waals surface area contributed by atoms with Gasteiger partial charge in [0.25, 0.3) is 0 Å². The topological polar surface area (TPSA) is 12.0 Å². The zero-order valence-electron chi connectivity index (χ0n) is 12.1. The smallest absolute Gasteiger partial charge is 0.0443 e. The van der Waals surface area contributed by atoms with Gasteiger partial charge in [0.15, 0.2) is 0 Å². The van der Waals surface area contributed by atoms with Crippen molar-refractivity contribution in [2.45, 2.75) is 57.9 Å². The molecule has 0 spiro atoms. The highest BCUT2D eigenvalue weighted by molar-refractivity contribution is 7.10. The van der Waals surface area contributed by atoms with Crippen molar-refractivity contribution < 1.29 is 0 Å². The van der Waals surface area contributed by atoms with E-state index in [9.17, 15) is 0 Å². The van der Waals surface area contributed by atoms with E-state index in [4.69, 9.17) is 0 Å². The van der Waals surface area contributed by atoms with Crippen molar-refractivity contribution in [1.29, 1.82) is 0 Å². The summed E-state index contributed by atoms with van der Waals surface area (Å²) >= 11 is 1.94. The first-order chi connectivity index (χ1) is 9.33. The van der Waals surface area contributed by atoms with Crippen LogP contribution in [0.15, 0.2) is 17.5 Å². The molecule has 2 saturated carbocycles. The molecular formula is C17H27NS. The fourth-order valence-electron chi connectivity index (χ4n) is 4.06. The van der Waals surface area contributed by atoms with Crippen LogP contribution in [0.5, 0.6) is 0 Å². The summed E-state index contributed by atoms with van der Waals surface area (Å²) in [5, 5.41) is 6.17. The number of thiophene rings is 1. The molecule has 19 heavy (non-hydrogen) atoms. The van der Waals surface area contributed by atoms with Gasteiger partial charge in [-0.15, -0.1) is 11.3 Å². The molecule has 106 valence electrons. The molecule has 0 amide bonds. The van der Waals surface area contributed by atoms with Crippen LogP contribution in [0.4, 0.5) is 0 Å². The molecule has 0 aliphatic heterocycles. The summed E-state index contributed by atoms with van der Waals surface area (Å²) in [6.45, 7) is 3.65. The fourth-order valence-corrected chi connectivity index (χ4v) is 4.96. The standard InChI is InChI=1S/C17H27NS/c1-13-8-9-14(11-13)12-18-17(15-5-2-3-6-15)16-7-4-10-19-16/h4,7,10,13-15,17-18H,2-3,5-6,8-9,11-12H2,1H3. The maximum Gasteiger partial charge on any atom is 0.0443 e. The van der Waals surface area contributed by atoms with Crippen LogP contribution >= 0.6 is 11.3 Å². The minimum atomic E-state index is 0.637. The van der Waals surface area contributed by atoms with Gasteiger partial charge in [-0.05, 0) is 61.4 Å². The lowest BCUT2D eigenvalue weighted by molar-refractivity contribution is 0.341. The molecule has 0 aromatic carbocycles. The lowest BCUT2D eigenvalue weighted by Crippen LogP contribution is -2.30. The zero-order chi connectivity index (χ0) is 13.1. The van der Waals surface area contributed by atoms with Gasteiger partial charge in [-0.25, -0.2) is 0 Å². The molecule has 2 aliphatic carbocycles. The van der Waals surface area contributed by atoms with E-state index >= 15 is 0 Å². The van der Waals surface area contributed by atoms with Gasteiger partial charge in [-0.1, -0.05) is 32.3 Å². The van der Waals surface area contributed by atoms with Crippen LogP contribution in [0.25, 0.3) is 0 Å². The monoisotopic (exact) mass is 277 g/mol. The molecule has 1 N–H and O–H groups in total. The Hall–Kier alpha value is -0.340. The Kier molecular flexibility index (Phi) is 4.60. The summed E-state index contributed by atoms with van der Waals surface area (Å²) in [4.78, 5) is 1.57. The van der Waals surface area contributed by atoms with Gasteiger partial charge in [0, 0.05) is 10.9 Å². The van der Waals surface area contributed by atoms with Crippen molar-refractivity contribution in [2.75, 3.05) is 6.54 Å². The summed E-state index contributed by atoms with van der Waals surface area (Å²) in [5.74, 6) is 2.77. The third-order valence-electron chi connectivity index (χ3n) is 5.15. The first kappa shape index (κ1) is 13.6. The Morgan fingerprint density at radius 3 is 2.74 bits per heavy atom. The number of hydrogen-bond acceptors (Lipinski definition) is 2. The van der Waals surface area contributed by atoms with Gasteiger partial charge in [-0.3, -0.25) is 0 Å². The molecule has 2 fully saturated rings. The SMILES string of the molecule is CC1CCC(CNC(c2cccs2)C2CCCC2)C1. The maximum atomic E-state index is 3.94. The van der Waals surface area contributed by atoms with E-state index in [1.54, 1.807) is 4.88 Å². The largest absolute Gasteiger partial charge is 0.309 e. The van der Waals surface area contributed by atoms with Gasteiger partial charge < -0.3 is 5.32 Å². The van der Waals surface area contributed by atoms with Gasteiger partial charge in [-0.2, -0.15) is 0 Å². The van der Waals surface area contributed by atoms with E-state index in [1.165, 1.54) is 51.5 Å². The molecule has 1 aromatic heterocycles. The van der Waals surface area contributed by atoms with Crippen LogP contribution in [0.1, 0.15) is 62.8 Å². The summed E-state index contributed by atoms with van der Waals surface area (Å²) in [7, 11) is 0. The van der Waals surface area contributed by atoms with Crippen molar-refractivity contribution in [3.63, 3.8) is 0 Å². The molecule has 3 rings (SSSR count). The Morgan fingerprint density at radius 2 is 2.11 bits per heavy atom. The highest BCUT2D eigenvalue weighted by Gasteiger charge is 2.28. The summed E-state index contributed by atoms with van der Waals surface area (Å²) in [6.07, 6.45) is 10.1. The Morgan fingerprint density at radius 1 is 1.26 bits per heavy atom. The average molecular weight is 277 g/mol. The number of nitrogens with one attached hydrogen (secondary N) is 1. The maximum absolute atomic E-state index is 3.94. The van der Waals surface area contributed by atoms with Crippen molar-refractivity contribution in [3.05, 3.63) is 22.4 Å². The van der Waals surface area contributed by atoms with Crippen LogP contribution in [0.3, 0.4) is 0 Å². The van der Waals surface area contributed by atoms with Crippen LogP contribution in [0.2, 0.25) is 0 Å². The predicted molar refractivity (Wildman–Crippen MR) is 83.5 cm³/mol. The second-order valence-electron chi connectivity index (χ2n) is 6.73.